The summed E-state index contributed by atoms with van der Waals surface area (Å²) in [5.74, 6) is -0.108. The van der Waals surface area contributed by atoms with E-state index in [2.05, 4.69) is 29.4 Å². The van der Waals surface area contributed by atoms with Crippen LogP contribution in [0.3, 0.4) is 0 Å². The number of nitrogens with zero attached hydrogens (tertiary/aromatic N) is 1. The van der Waals surface area contributed by atoms with Gasteiger partial charge in [0.2, 0.25) is 0 Å². The first-order chi connectivity index (χ1) is 10.1. The number of fused-ring (bicyclic) bond motifs is 2. The minimum absolute atomic E-state index is 0.108. The number of methoxy groups -OCH3 is 1. The van der Waals surface area contributed by atoms with Crippen LogP contribution in [0.4, 0.5) is 0 Å². The lowest BCUT2D eigenvalue weighted by Crippen LogP contribution is -2.61. The third-order valence-corrected chi connectivity index (χ3v) is 5.20. The second-order valence-electron chi connectivity index (χ2n) is 6.37. The maximum atomic E-state index is 12.4. The average molecular weight is 288 g/mol. The summed E-state index contributed by atoms with van der Waals surface area (Å²) in [4.78, 5) is 14.9. The fourth-order valence-electron chi connectivity index (χ4n) is 3.92. The van der Waals surface area contributed by atoms with Crippen molar-refractivity contribution in [3.05, 3.63) is 35.9 Å². The minimum atomic E-state index is -0.525. The van der Waals surface area contributed by atoms with Gasteiger partial charge in [0, 0.05) is 18.6 Å². The van der Waals surface area contributed by atoms with Gasteiger partial charge >= 0.3 is 5.97 Å². The zero-order chi connectivity index (χ0) is 14.9. The van der Waals surface area contributed by atoms with Crippen molar-refractivity contribution in [2.24, 2.45) is 0 Å². The lowest BCUT2D eigenvalue weighted by Gasteiger charge is -2.43. The molecule has 0 saturated carbocycles. The maximum Gasteiger partial charge on any atom is 0.326 e. The van der Waals surface area contributed by atoms with Gasteiger partial charge in [0.15, 0.2) is 0 Å². The van der Waals surface area contributed by atoms with Gasteiger partial charge in [-0.05, 0) is 38.3 Å². The van der Waals surface area contributed by atoms with Crippen LogP contribution in [0.15, 0.2) is 30.3 Å². The highest BCUT2D eigenvalue weighted by Crippen LogP contribution is 2.40. The molecular formula is C17H24N2O2. The van der Waals surface area contributed by atoms with Gasteiger partial charge in [-0.15, -0.1) is 0 Å². The van der Waals surface area contributed by atoms with Crippen LogP contribution in [0.1, 0.15) is 31.2 Å². The molecule has 2 fully saturated rings. The summed E-state index contributed by atoms with van der Waals surface area (Å²) >= 11 is 0. The quantitative estimate of drug-likeness (QED) is 0.860. The summed E-state index contributed by atoms with van der Waals surface area (Å²) in [5, 5.41) is 3.52. The third kappa shape index (κ3) is 2.70. The number of carbonyl (C=O) groups is 1. The first-order valence-corrected chi connectivity index (χ1v) is 7.74. The molecule has 0 amide bonds. The van der Waals surface area contributed by atoms with Gasteiger partial charge in [-0.25, -0.2) is 0 Å². The summed E-state index contributed by atoms with van der Waals surface area (Å²) in [5.41, 5.74) is 0.676. The highest BCUT2D eigenvalue weighted by atomic mass is 16.5. The molecule has 0 aromatic heterocycles. The monoisotopic (exact) mass is 288 g/mol. The molecule has 4 heteroatoms. The number of piperidine rings is 1. The molecule has 0 aliphatic carbocycles. The van der Waals surface area contributed by atoms with E-state index in [0.717, 1.165) is 12.8 Å². The van der Waals surface area contributed by atoms with Gasteiger partial charge in [-0.1, -0.05) is 30.3 Å². The Morgan fingerprint density at radius 1 is 1.29 bits per heavy atom. The van der Waals surface area contributed by atoms with Crippen molar-refractivity contribution in [1.29, 1.82) is 0 Å². The summed E-state index contributed by atoms with van der Waals surface area (Å²) in [6, 6.07) is 11.2. The molecule has 114 valence electrons. The van der Waals surface area contributed by atoms with Crippen molar-refractivity contribution in [2.75, 3.05) is 14.2 Å². The molecule has 2 heterocycles. The number of hydrogen-bond donors (Lipinski definition) is 1. The maximum absolute atomic E-state index is 12.4. The molecule has 2 aliphatic rings. The molecule has 2 aliphatic heterocycles. The lowest BCUT2D eigenvalue weighted by atomic mass is 9.82. The lowest BCUT2D eigenvalue weighted by molar-refractivity contribution is -0.152. The largest absolute Gasteiger partial charge is 0.468 e. The van der Waals surface area contributed by atoms with Gasteiger partial charge in [0.1, 0.15) is 5.54 Å². The highest BCUT2D eigenvalue weighted by Gasteiger charge is 2.51. The van der Waals surface area contributed by atoms with E-state index in [0.29, 0.717) is 18.6 Å². The molecule has 4 nitrogen and oxygen atoms in total. The van der Waals surface area contributed by atoms with Crippen molar-refractivity contribution in [3.8, 4) is 0 Å². The number of hydrogen-bond acceptors (Lipinski definition) is 4. The fourth-order valence-corrected chi connectivity index (χ4v) is 3.92. The molecule has 21 heavy (non-hydrogen) atoms. The molecular weight excluding hydrogens is 264 g/mol. The highest BCUT2D eigenvalue weighted by molar-refractivity contribution is 5.81. The van der Waals surface area contributed by atoms with Crippen molar-refractivity contribution >= 4 is 5.97 Å². The molecule has 1 aromatic rings. The van der Waals surface area contributed by atoms with Crippen LogP contribution in [0, 0.1) is 0 Å². The van der Waals surface area contributed by atoms with E-state index >= 15 is 0 Å². The number of ether oxygens (including phenoxy) is 1. The zero-order valence-electron chi connectivity index (χ0n) is 12.8. The molecule has 2 bridgehead atoms. The van der Waals surface area contributed by atoms with Crippen molar-refractivity contribution in [1.82, 2.24) is 10.2 Å². The Balaban J connectivity index is 1.77. The van der Waals surface area contributed by atoms with Crippen LogP contribution in [0.5, 0.6) is 0 Å². The van der Waals surface area contributed by atoms with Crippen molar-refractivity contribution in [3.63, 3.8) is 0 Å². The Morgan fingerprint density at radius 2 is 1.90 bits per heavy atom. The van der Waals surface area contributed by atoms with E-state index in [4.69, 9.17) is 4.74 Å². The fraction of sp³-hybridized carbons (Fsp3) is 0.588. The van der Waals surface area contributed by atoms with E-state index in [-0.39, 0.29) is 5.97 Å². The summed E-state index contributed by atoms with van der Waals surface area (Å²) < 4.78 is 5.12. The Labute approximate surface area is 126 Å². The third-order valence-electron chi connectivity index (χ3n) is 5.20. The van der Waals surface area contributed by atoms with E-state index in [9.17, 15) is 4.79 Å². The van der Waals surface area contributed by atoms with Crippen LogP contribution in [-0.2, 0) is 16.1 Å². The Kier molecular flexibility index (Phi) is 4.00. The van der Waals surface area contributed by atoms with Crippen molar-refractivity contribution in [2.45, 2.75) is 49.9 Å². The first kappa shape index (κ1) is 14.5. The van der Waals surface area contributed by atoms with Crippen LogP contribution in [-0.4, -0.2) is 42.6 Å². The molecule has 3 rings (SSSR count). The Bertz CT molecular complexity index is 489. The first-order valence-electron chi connectivity index (χ1n) is 7.74. The van der Waals surface area contributed by atoms with E-state index in [1.807, 2.05) is 18.2 Å². The predicted molar refractivity (Wildman–Crippen MR) is 81.8 cm³/mol. The van der Waals surface area contributed by atoms with Crippen LogP contribution in [0.2, 0.25) is 0 Å². The van der Waals surface area contributed by atoms with Crippen LogP contribution >= 0.6 is 0 Å². The second kappa shape index (κ2) is 5.78. The molecule has 1 N–H and O–H groups in total. The molecule has 0 spiro atoms. The second-order valence-corrected chi connectivity index (χ2v) is 6.37. The number of rotatable bonds is 4. The SMILES string of the molecule is COC(=O)C1(NCc2ccccc2)CC2CCC(C1)N2C. The van der Waals surface area contributed by atoms with E-state index in [1.54, 1.807) is 0 Å². The van der Waals surface area contributed by atoms with Gasteiger partial charge in [-0.3, -0.25) is 10.1 Å². The molecule has 2 saturated heterocycles. The molecule has 1 aromatic carbocycles. The Hall–Kier alpha value is -1.39. The topological polar surface area (TPSA) is 41.6 Å². The average Bonchev–Trinajstić information content (AvgIpc) is 2.76. The molecule has 2 unspecified atom stereocenters. The summed E-state index contributed by atoms with van der Waals surface area (Å²) in [6.45, 7) is 0.707. The van der Waals surface area contributed by atoms with E-state index in [1.165, 1.54) is 25.5 Å². The van der Waals surface area contributed by atoms with Gasteiger partial charge in [-0.2, -0.15) is 0 Å². The van der Waals surface area contributed by atoms with Gasteiger partial charge < -0.3 is 9.64 Å². The normalized spacial score (nSPS) is 32.1. The smallest absolute Gasteiger partial charge is 0.326 e. The zero-order valence-corrected chi connectivity index (χ0v) is 12.8. The van der Waals surface area contributed by atoms with E-state index < -0.39 is 5.54 Å². The van der Waals surface area contributed by atoms with Gasteiger partial charge in [0.25, 0.3) is 0 Å². The Morgan fingerprint density at radius 3 is 2.48 bits per heavy atom. The minimum Gasteiger partial charge on any atom is -0.468 e. The summed E-state index contributed by atoms with van der Waals surface area (Å²) in [7, 11) is 3.68. The molecule has 0 radical (unpaired) electrons. The standard InChI is InChI=1S/C17H24N2O2/c1-19-14-8-9-15(19)11-17(10-14,16(20)21-2)18-12-13-6-4-3-5-7-13/h3-7,14-15,18H,8-12H2,1-2H3. The number of nitrogens with one attached hydrogen (secondary N) is 1. The number of esters is 1. The van der Waals surface area contributed by atoms with Crippen LogP contribution < -0.4 is 5.32 Å². The number of carbonyl (C=O) groups excluding carboxylic acids is 1. The van der Waals surface area contributed by atoms with Crippen LogP contribution in [0.25, 0.3) is 0 Å². The summed E-state index contributed by atoms with van der Waals surface area (Å²) in [6.07, 6.45) is 4.07. The predicted octanol–water partition coefficient (Wildman–Crippen LogP) is 1.94. The van der Waals surface area contributed by atoms with Crippen molar-refractivity contribution < 1.29 is 9.53 Å². The molecule has 2 atom stereocenters. The number of benzene rings is 1. The van der Waals surface area contributed by atoms with Gasteiger partial charge in [0.05, 0.1) is 7.11 Å².